The van der Waals surface area contributed by atoms with Gasteiger partial charge in [-0.1, -0.05) is 13.8 Å². The van der Waals surface area contributed by atoms with Crippen LogP contribution in [0.15, 0.2) is 42.6 Å². The third-order valence-electron chi connectivity index (χ3n) is 5.42. The molecule has 1 aromatic heterocycles. The lowest BCUT2D eigenvalue weighted by Gasteiger charge is -2.36. The molecule has 1 unspecified atom stereocenters. The van der Waals surface area contributed by atoms with Gasteiger partial charge in [0.15, 0.2) is 0 Å². The summed E-state index contributed by atoms with van der Waals surface area (Å²) in [5, 5.41) is 3.10. The second-order valence-electron chi connectivity index (χ2n) is 8.22. The van der Waals surface area contributed by atoms with Crippen molar-refractivity contribution in [2.45, 2.75) is 39.2 Å². The summed E-state index contributed by atoms with van der Waals surface area (Å²) < 4.78 is 31.6. The van der Waals surface area contributed by atoms with Gasteiger partial charge in [0.25, 0.3) is 5.91 Å². The van der Waals surface area contributed by atoms with Gasteiger partial charge in [-0.25, -0.2) is 14.2 Å². The van der Waals surface area contributed by atoms with E-state index in [1.807, 2.05) is 0 Å². The highest BCUT2D eigenvalue weighted by molar-refractivity contribution is 5.94. The molecule has 0 saturated carbocycles. The van der Waals surface area contributed by atoms with Gasteiger partial charge >= 0.3 is 6.09 Å². The molecule has 0 radical (unpaired) electrons. The van der Waals surface area contributed by atoms with E-state index < -0.39 is 12.0 Å². The molecule has 0 spiro atoms. The zero-order chi connectivity index (χ0) is 22.4. The van der Waals surface area contributed by atoms with Crippen LogP contribution in [0.5, 0.6) is 5.75 Å². The molecule has 1 fully saturated rings. The molecule has 0 aliphatic carbocycles. The van der Waals surface area contributed by atoms with E-state index in [0.717, 1.165) is 12.5 Å². The first kappa shape index (κ1) is 22.7. The van der Waals surface area contributed by atoms with Crippen molar-refractivity contribution >= 4 is 12.0 Å². The summed E-state index contributed by atoms with van der Waals surface area (Å²) in [6.07, 6.45) is 2.93. The second kappa shape index (κ2) is 10.3. The molecule has 6 nitrogen and oxygen atoms in total. The maximum Gasteiger partial charge on any atom is 0.415 e. The molecule has 31 heavy (non-hydrogen) atoms. The van der Waals surface area contributed by atoms with Crippen LogP contribution in [0.4, 0.5) is 13.6 Å². The molecule has 1 atom stereocenters. The van der Waals surface area contributed by atoms with Crippen LogP contribution >= 0.6 is 0 Å². The highest BCUT2D eigenvalue weighted by Crippen LogP contribution is 2.26. The number of aromatic nitrogens is 1. The summed E-state index contributed by atoms with van der Waals surface area (Å²) in [6.45, 7) is 5.16. The maximum atomic E-state index is 13.2. The van der Waals surface area contributed by atoms with Crippen molar-refractivity contribution in [1.29, 1.82) is 0 Å². The largest absolute Gasteiger partial charge is 0.415 e. The molecule has 1 aromatic carbocycles. The first-order valence-corrected chi connectivity index (χ1v) is 10.5. The van der Waals surface area contributed by atoms with Crippen molar-refractivity contribution < 1.29 is 23.1 Å². The van der Waals surface area contributed by atoms with E-state index in [1.54, 1.807) is 4.90 Å². The number of nitrogens with one attached hydrogen (secondary N) is 1. The summed E-state index contributed by atoms with van der Waals surface area (Å²) in [6, 6.07) is 7.92. The first-order chi connectivity index (χ1) is 14.8. The number of amides is 2. The summed E-state index contributed by atoms with van der Waals surface area (Å²) in [7, 11) is 0. The number of hydrogen-bond donors (Lipinski definition) is 1. The summed E-state index contributed by atoms with van der Waals surface area (Å²) >= 11 is 0. The maximum absolute atomic E-state index is 13.2. The first-order valence-electron chi connectivity index (χ1n) is 10.5. The van der Waals surface area contributed by atoms with Crippen LogP contribution in [0, 0.1) is 23.6 Å². The lowest BCUT2D eigenvalue weighted by atomic mass is 9.85. The van der Waals surface area contributed by atoms with Crippen LogP contribution < -0.4 is 10.1 Å². The van der Waals surface area contributed by atoms with Crippen LogP contribution in [0.2, 0.25) is 0 Å². The van der Waals surface area contributed by atoms with Crippen molar-refractivity contribution in [1.82, 2.24) is 15.2 Å². The SMILES string of the molecule is CC(C)CC(NC(=O)c1ccc(F)cc1)C1CCN(C(=O)Oc2ccnc(F)c2)CC1. The van der Waals surface area contributed by atoms with Crippen molar-refractivity contribution in [3.63, 3.8) is 0 Å². The lowest BCUT2D eigenvalue weighted by Crippen LogP contribution is -2.47. The van der Waals surface area contributed by atoms with Gasteiger partial charge in [0.05, 0.1) is 0 Å². The molecular formula is C23H27F2N3O3. The quantitative estimate of drug-likeness (QED) is 0.688. The van der Waals surface area contributed by atoms with Gasteiger partial charge in [-0.05, 0) is 61.4 Å². The van der Waals surface area contributed by atoms with Crippen molar-refractivity contribution in [2.75, 3.05) is 13.1 Å². The Morgan fingerprint density at radius 2 is 1.84 bits per heavy atom. The highest BCUT2D eigenvalue weighted by atomic mass is 19.1. The smallest absolute Gasteiger partial charge is 0.410 e. The van der Waals surface area contributed by atoms with Crippen molar-refractivity contribution in [3.8, 4) is 5.75 Å². The molecule has 2 amide bonds. The molecule has 1 aliphatic rings. The fourth-order valence-electron chi connectivity index (χ4n) is 3.83. The average molecular weight is 431 g/mol. The van der Waals surface area contributed by atoms with Gasteiger partial charge in [-0.3, -0.25) is 4.79 Å². The molecule has 2 aromatic rings. The number of ether oxygens (including phenoxy) is 1. The minimum absolute atomic E-state index is 0.0509. The Bertz CT molecular complexity index is 897. The molecule has 0 bridgehead atoms. The van der Waals surface area contributed by atoms with Crippen LogP contribution in [-0.4, -0.2) is 41.0 Å². The van der Waals surface area contributed by atoms with E-state index in [-0.39, 0.29) is 29.4 Å². The summed E-state index contributed by atoms with van der Waals surface area (Å²) in [4.78, 5) is 30.0. The Morgan fingerprint density at radius 1 is 1.16 bits per heavy atom. The van der Waals surface area contributed by atoms with Crippen LogP contribution in [0.25, 0.3) is 0 Å². The molecule has 1 aliphatic heterocycles. The van der Waals surface area contributed by atoms with Crippen LogP contribution in [0.3, 0.4) is 0 Å². The predicted octanol–water partition coefficient (Wildman–Crippen LogP) is 4.42. The van der Waals surface area contributed by atoms with Gasteiger partial charge in [-0.15, -0.1) is 0 Å². The summed E-state index contributed by atoms with van der Waals surface area (Å²) in [5.41, 5.74) is 0.417. The number of hydrogen-bond acceptors (Lipinski definition) is 4. The monoisotopic (exact) mass is 431 g/mol. The standard InChI is InChI=1S/C23H27F2N3O3/c1-15(2)13-20(27-22(29)17-3-5-18(24)6-4-17)16-8-11-28(12-9-16)23(30)31-19-7-10-26-21(25)14-19/h3-7,10,14-16,20H,8-9,11-13H2,1-2H3,(H,27,29). The lowest BCUT2D eigenvalue weighted by molar-refractivity contribution is 0.0871. The topological polar surface area (TPSA) is 71.5 Å². The number of halogens is 2. The molecule has 8 heteroatoms. The number of pyridine rings is 1. The normalized spacial score (nSPS) is 15.6. The van der Waals surface area contributed by atoms with E-state index in [9.17, 15) is 18.4 Å². The Kier molecular flexibility index (Phi) is 7.55. The summed E-state index contributed by atoms with van der Waals surface area (Å²) in [5.74, 6) is -0.630. The number of piperidine rings is 1. The fraction of sp³-hybridized carbons (Fsp3) is 0.435. The molecule has 2 heterocycles. The van der Waals surface area contributed by atoms with Crippen LogP contribution in [-0.2, 0) is 0 Å². The average Bonchev–Trinajstić information content (AvgIpc) is 2.73. The zero-order valence-corrected chi connectivity index (χ0v) is 17.7. The van der Waals surface area contributed by atoms with Gasteiger partial charge in [0.2, 0.25) is 5.95 Å². The Labute approximate surface area is 180 Å². The molecule has 1 N–H and O–H groups in total. The Hall–Kier alpha value is -3.03. The Morgan fingerprint density at radius 3 is 2.45 bits per heavy atom. The number of likely N-dealkylation sites (tertiary alicyclic amines) is 1. The van der Waals surface area contributed by atoms with Gasteiger partial charge < -0.3 is 15.0 Å². The third kappa shape index (κ3) is 6.47. The van der Waals surface area contributed by atoms with E-state index >= 15 is 0 Å². The fourth-order valence-corrected chi connectivity index (χ4v) is 3.83. The predicted molar refractivity (Wildman–Crippen MR) is 112 cm³/mol. The van der Waals surface area contributed by atoms with Crippen LogP contribution in [0.1, 0.15) is 43.5 Å². The van der Waals surface area contributed by atoms with E-state index in [0.29, 0.717) is 37.4 Å². The van der Waals surface area contributed by atoms with E-state index in [4.69, 9.17) is 4.74 Å². The van der Waals surface area contributed by atoms with E-state index in [2.05, 4.69) is 24.1 Å². The van der Waals surface area contributed by atoms with E-state index in [1.165, 1.54) is 36.5 Å². The van der Waals surface area contributed by atoms with Crippen molar-refractivity contribution in [2.24, 2.45) is 11.8 Å². The minimum atomic E-state index is -0.711. The van der Waals surface area contributed by atoms with Gasteiger partial charge in [-0.2, -0.15) is 4.39 Å². The molecule has 166 valence electrons. The number of rotatable bonds is 6. The molecular weight excluding hydrogens is 404 g/mol. The number of nitrogens with zero attached hydrogens (tertiary/aromatic N) is 2. The minimum Gasteiger partial charge on any atom is -0.410 e. The highest BCUT2D eigenvalue weighted by Gasteiger charge is 2.31. The number of carbonyl (C=O) groups excluding carboxylic acids is 2. The van der Waals surface area contributed by atoms with Gasteiger partial charge in [0.1, 0.15) is 11.6 Å². The molecule has 1 saturated heterocycles. The number of benzene rings is 1. The van der Waals surface area contributed by atoms with Crippen molar-refractivity contribution in [3.05, 3.63) is 59.9 Å². The third-order valence-corrected chi connectivity index (χ3v) is 5.42. The second-order valence-corrected chi connectivity index (χ2v) is 8.22. The zero-order valence-electron chi connectivity index (χ0n) is 17.7. The Balaban J connectivity index is 1.58. The molecule has 3 rings (SSSR count). The number of carbonyl (C=O) groups is 2. The van der Waals surface area contributed by atoms with Gasteiger partial charge in [0, 0.05) is 37.0 Å².